The van der Waals surface area contributed by atoms with Gasteiger partial charge in [0.1, 0.15) is 17.4 Å². The molecule has 0 aliphatic carbocycles. The maximum Gasteiger partial charge on any atom is 0.126 e. The number of nitrogens with one attached hydrogen (secondary N) is 1. The molecule has 1 aromatic heterocycles. The smallest absolute Gasteiger partial charge is 0.126 e. The van der Waals surface area contributed by atoms with E-state index in [-0.39, 0.29) is 12.1 Å². The minimum absolute atomic E-state index is 0.129. The molecule has 0 spiro atoms. The number of benzene rings is 1. The zero-order chi connectivity index (χ0) is 13.8. The van der Waals surface area contributed by atoms with Crippen LogP contribution in [0, 0.1) is 11.6 Å². The fraction of sp³-hybridized carbons (Fsp3) is 0.333. The highest BCUT2D eigenvalue weighted by Gasteiger charge is 2.12. The van der Waals surface area contributed by atoms with Crippen LogP contribution in [0.1, 0.15) is 31.2 Å². The van der Waals surface area contributed by atoms with Gasteiger partial charge in [-0.1, -0.05) is 0 Å². The third kappa shape index (κ3) is 3.89. The van der Waals surface area contributed by atoms with Crippen LogP contribution in [0.3, 0.4) is 0 Å². The van der Waals surface area contributed by atoms with Crippen molar-refractivity contribution in [3.63, 3.8) is 0 Å². The van der Waals surface area contributed by atoms with E-state index in [4.69, 9.17) is 4.42 Å². The van der Waals surface area contributed by atoms with Crippen molar-refractivity contribution in [3.05, 3.63) is 59.6 Å². The third-order valence-corrected chi connectivity index (χ3v) is 3.01. The minimum atomic E-state index is -0.553. The zero-order valence-electron chi connectivity index (χ0n) is 11.0. The molecule has 1 N–H and O–H groups in total. The quantitative estimate of drug-likeness (QED) is 0.888. The van der Waals surface area contributed by atoms with Gasteiger partial charge in [0.15, 0.2) is 0 Å². The fourth-order valence-corrected chi connectivity index (χ4v) is 2.14. The molecule has 2 rings (SSSR count). The summed E-state index contributed by atoms with van der Waals surface area (Å²) in [4.78, 5) is 0. The fourth-order valence-electron chi connectivity index (χ4n) is 2.14. The number of hydrogen-bond donors (Lipinski definition) is 1. The van der Waals surface area contributed by atoms with Crippen molar-refractivity contribution in [1.82, 2.24) is 5.32 Å². The molecule has 2 aromatic rings. The van der Waals surface area contributed by atoms with Crippen LogP contribution in [0.5, 0.6) is 0 Å². The number of halogens is 2. The van der Waals surface area contributed by atoms with Gasteiger partial charge in [0.2, 0.25) is 0 Å². The lowest BCUT2D eigenvalue weighted by atomic mass is 10.1. The average Bonchev–Trinajstić information content (AvgIpc) is 2.80. The van der Waals surface area contributed by atoms with E-state index in [0.29, 0.717) is 5.56 Å². The Labute approximate surface area is 111 Å². The zero-order valence-corrected chi connectivity index (χ0v) is 11.0. The molecular formula is C15H17F2NO. The Kier molecular flexibility index (Phi) is 4.32. The molecule has 0 amide bonds. The van der Waals surface area contributed by atoms with Gasteiger partial charge in [-0.05, 0) is 43.7 Å². The van der Waals surface area contributed by atoms with E-state index in [1.807, 2.05) is 26.0 Å². The van der Waals surface area contributed by atoms with Crippen molar-refractivity contribution in [3.8, 4) is 0 Å². The van der Waals surface area contributed by atoms with Gasteiger partial charge in [-0.25, -0.2) is 8.78 Å². The van der Waals surface area contributed by atoms with E-state index in [2.05, 4.69) is 5.32 Å². The molecule has 0 radical (unpaired) electrons. The van der Waals surface area contributed by atoms with Crippen molar-refractivity contribution in [1.29, 1.82) is 0 Å². The predicted octanol–water partition coefficient (Wildman–Crippen LogP) is 3.84. The lowest BCUT2D eigenvalue weighted by molar-refractivity contribution is 0.427. The normalized spacial score (nSPS) is 14.3. The maximum atomic E-state index is 13.1. The second-order valence-corrected chi connectivity index (χ2v) is 4.78. The Morgan fingerprint density at radius 2 is 1.84 bits per heavy atom. The summed E-state index contributed by atoms with van der Waals surface area (Å²) in [5.74, 6) is -0.220. The van der Waals surface area contributed by atoms with Crippen LogP contribution in [0.25, 0.3) is 0 Å². The number of hydrogen-bond acceptors (Lipinski definition) is 2. The van der Waals surface area contributed by atoms with Crippen LogP contribution in [-0.2, 0) is 6.42 Å². The highest BCUT2D eigenvalue weighted by molar-refractivity contribution is 5.21. The van der Waals surface area contributed by atoms with Crippen LogP contribution in [0.15, 0.2) is 41.0 Å². The van der Waals surface area contributed by atoms with E-state index >= 15 is 0 Å². The van der Waals surface area contributed by atoms with Crippen molar-refractivity contribution in [2.24, 2.45) is 0 Å². The van der Waals surface area contributed by atoms with E-state index < -0.39 is 11.6 Å². The molecule has 1 heterocycles. The Balaban J connectivity index is 1.98. The Morgan fingerprint density at radius 1 is 1.16 bits per heavy atom. The van der Waals surface area contributed by atoms with E-state index in [1.54, 1.807) is 6.26 Å². The molecule has 4 heteroatoms. The second-order valence-electron chi connectivity index (χ2n) is 4.78. The van der Waals surface area contributed by atoms with Crippen molar-refractivity contribution < 1.29 is 13.2 Å². The molecule has 0 fully saturated rings. The summed E-state index contributed by atoms with van der Waals surface area (Å²) in [7, 11) is 0. The second kappa shape index (κ2) is 5.97. The number of furan rings is 1. The van der Waals surface area contributed by atoms with Gasteiger partial charge in [-0.2, -0.15) is 0 Å². The van der Waals surface area contributed by atoms with Gasteiger partial charge in [0.25, 0.3) is 0 Å². The summed E-state index contributed by atoms with van der Waals surface area (Å²) >= 11 is 0. The number of rotatable bonds is 5. The van der Waals surface area contributed by atoms with E-state index in [9.17, 15) is 8.78 Å². The summed E-state index contributed by atoms with van der Waals surface area (Å²) in [6, 6.07) is 7.34. The molecule has 0 aliphatic heterocycles. The molecule has 0 aliphatic rings. The molecule has 0 saturated heterocycles. The Bertz CT molecular complexity index is 505. The largest absolute Gasteiger partial charge is 0.469 e. The molecule has 102 valence electrons. The maximum absolute atomic E-state index is 13.1. The first-order valence-corrected chi connectivity index (χ1v) is 6.29. The highest BCUT2D eigenvalue weighted by atomic mass is 19.1. The molecule has 2 unspecified atom stereocenters. The van der Waals surface area contributed by atoms with Crippen molar-refractivity contribution >= 4 is 0 Å². The average molecular weight is 265 g/mol. The highest BCUT2D eigenvalue weighted by Crippen LogP contribution is 2.17. The summed E-state index contributed by atoms with van der Waals surface area (Å²) in [6.07, 6.45) is 2.36. The SMILES string of the molecule is CC(Cc1ccco1)NC(C)c1cc(F)cc(F)c1. The summed E-state index contributed by atoms with van der Waals surface area (Å²) < 4.78 is 31.6. The molecule has 2 atom stereocenters. The summed E-state index contributed by atoms with van der Waals surface area (Å²) in [6.45, 7) is 3.89. The predicted molar refractivity (Wildman–Crippen MR) is 69.8 cm³/mol. The van der Waals surface area contributed by atoms with E-state index in [0.717, 1.165) is 18.2 Å². The molecule has 1 aromatic carbocycles. The van der Waals surface area contributed by atoms with Crippen LogP contribution >= 0.6 is 0 Å². The van der Waals surface area contributed by atoms with Gasteiger partial charge >= 0.3 is 0 Å². The lowest BCUT2D eigenvalue weighted by Gasteiger charge is -2.19. The monoisotopic (exact) mass is 265 g/mol. The molecule has 0 bridgehead atoms. The molecular weight excluding hydrogens is 248 g/mol. The third-order valence-electron chi connectivity index (χ3n) is 3.01. The first-order valence-electron chi connectivity index (χ1n) is 6.29. The van der Waals surface area contributed by atoms with Gasteiger partial charge in [0.05, 0.1) is 6.26 Å². The standard InChI is InChI=1S/C15H17F2NO/c1-10(6-15-4-3-5-19-15)18-11(2)12-7-13(16)9-14(17)8-12/h3-5,7-11,18H,6H2,1-2H3. The Morgan fingerprint density at radius 3 is 2.42 bits per heavy atom. The van der Waals surface area contributed by atoms with Gasteiger partial charge < -0.3 is 9.73 Å². The molecule has 0 saturated carbocycles. The first kappa shape index (κ1) is 13.7. The van der Waals surface area contributed by atoms with Gasteiger partial charge in [-0.15, -0.1) is 0 Å². The van der Waals surface area contributed by atoms with Crippen molar-refractivity contribution in [2.45, 2.75) is 32.4 Å². The molecule has 19 heavy (non-hydrogen) atoms. The van der Waals surface area contributed by atoms with Crippen LogP contribution in [-0.4, -0.2) is 6.04 Å². The summed E-state index contributed by atoms with van der Waals surface area (Å²) in [5.41, 5.74) is 0.601. The first-order chi connectivity index (χ1) is 9.04. The van der Waals surface area contributed by atoms with Crippen molar-refractivity contribution in [2.75, 3.05) is 0 Å². The lowest BCUT2D eigenvalue weighted by Crippen LogP contribution is -2.30. The van der Waals surface area contributed by atoms with Crippen LogP contribution in [0.2, 0.25) is 0 Å². The minimum Gasteiger partial charge on any atom is -0.469 e. The van der Waals surface area contributed by atoms with E-state index in [1.165, 1.54) is 12.1 Å². The van der Waals surface area contributed by atoms with Crippen LogP contribution in [0.4, 0.5) is 8.78 Å². The van der Waals surface area contributed by atoms with Gasteiger partial charge in [-0.3, -0.25) is 0 Å². The molecule has 2 nitrogen and oxygen atoms in total. The van der Waals surface area contributed by atoms with Gasteiger partial charge in [0, 0.05) is 24.6 Å². The summed E-state index contributed by atoms with van der Waals surface area (Å²) in [5, 5.41) is 3.30. The topological polar surface area (TPSA) is 25.2 Å². The van der Waals surface area contributed by atoms with Crippen LogP contribution < -0.4 is 5.32 Å². The Hall–Kier alpha value is -1.68.